The summed E-state index contributed by atoms with van der Waals surface area (Å²) in [6.07, 6.45) is 6.73. The molecule has 122 heavy (non-hydrogen) atoms. The Morgan fingerprint density at radius 1 is 0.246 bits per heavy atom. The van der Waals surface area contributed by atoms with Gasteiger partial charge in [0.15, 0.2) is 0 Å². The summed E-state index contributed by atoms with van der Waals surface area (Å²) >= 11 is 0. The van der Waals surface area contributed by atoms with Gasteiger partial charge >= 0.3 is 0 Å². The summed E-state index contributed by atoms with van der Waals surface area (Å²) in [5.41, 5.74) is 1.22. The molecule has 0 fully saturated rings. The lowest BCUT2D eigenvalue weighted by Gasteiger charge is -2.15. The van der Waals surface area contributed by atoms with Crippen LogP contribution in [0.2, 0.25) is 0 Å². The minimum atomic E-state index is -5.11. The molecule has 0 aliphatic heterocycles. The van der Waals surface area contributed by atoms with E-state index in [2.05, 4.69) is 91.7 Å². The molecule has 0 bridgehead atoms. The molecule has 0 saturated heterocycles. The number of nitrogens with zero attached hydrogens (tertiary/aromatic N) is 16. The van der Waals surface area contributed by atoms with Crippen LogP contribution in [0.3, 0.4) is 0 Å². The number of para-hydroxylation sites is 2. The Bertz CT molecular complexity index is 6480. The van der Waals surface area contributed by atoms with Gasteiger partial charge in [-0.2, -0.15) is 105 Å². The summed E-state index contributed by atoms with van der Waals surface area (Å²) < 4.78 is 219. The number of benzene rings is 8. The standard InChI is InChI=1S/C76H74N22O18S6/c1-95(2)73-84-65(39-45-19-21-47(59(37-45)117(99,100)101)23-25-49-29-33-55(41-61(49)119(105,106)107)79-69-86-67(89-74(91-69)96(3)4)77-53-15-11-9-12-16-53)83-66(85-73)40-46-20-22-48(60(38-46)118(102,103)104)24-26-50-30-34-57(43-62(50)120(108,109)110)81-71-88-72(94-76(93-71)98(7)8)82-58-36-32-52(64(44-58)122(114,115)116)28-27-51-31-35-56(42-63(51)121(111,112)113)80-70-87-68(90-75(92-70)97(5)6)78-54-17-13-10-14-18-54/h9-38,41-44H,39-40H2,1-8H3,(H,99,100,101)(H,102,103,104)(H,105,106,107)(H,108,109,110)(H,111,112,113)(H,114,115,116)(H2,77,79,86,89,91)(H2,78,80,87,90,92)(H2,81,82,88,93,94)/b25-23+,26-24+,28-27+. The maximum Gasteiger partial charge on any atom is 0.295 e. The molecule has 4 heterocycles. The van der Waals surface area contributed by atoms with Crippen LogP contribution in [-0.2, 0) is 73.6 Å². The maximum atomic E-state index is 13.1. The van der Waals surface area contributed by atoms with Gasteiger partial charge in [-0.05, 0) is 129 Å². The van der Waals surface area contributed by atoms with Gasteiger partial charge in [0.05, 0.1) is 0 Å². The minimum absolute atomic E-state index is 0.00149. The van der Waals surface area contributed by atoms with Crippen LogP contribution < -0.4 is 51.5 Å². The zero-order chi connectivity index (χ0) is 88.0. The van der Waals surface area contributed by atoms with E-state index in [1.165, 1.54) is 107 Å². The Labute approximate surface area is 700 Å². The largest absolute Gasteiger partial charge is 0.347 e. The summed E-state index contributed by atoms with van der Waals surface area (Å²) in [6, 6.07) is 40.9. The van der Waals surface area contributed by atoms with Gasteiger partial charge in [0.1, 0.15) is 41.0 Å². The Balaban J connectivity index is 0.743. The molecule has 0 saturated carbocycles. The summed E-state index contributed by atoms with van der Waals surface area (Å²) in [5, 5.41) is 17.7. The molecule has 12 rings (SSSR count). The van der Waals surface area contributed by atoms with Crippen molar-refractivity contribution in [2.45, 2.75) is 42.2 Å². The number of nitrogens with one attached hydrogen (secondary N) is 6. The maximum absolute atomic E-state index is 13.1. The van der Waals surface area contributed by atoms with E-state index in [-0.39, 0.29) is 151 Å². The van der Waals surface area contributed by atoms with Crippen LogP contribution >= 0.6 is 0 Å². The second-order valence-corrected chi connectivity index (χ2v) is 35.7. The van der Waals surface area contributed by atoms with Crippen LogP contribution in [0.4, 0.5) is 93.6 Å². The monoisotopic (exact) mass is 1770 g/mol. The quantitative estimate of drug-likeness (QED) is 0.0138. The van der Waals surface area contributed by atoms with Gasteiger partial charge < -0.3 is 51.5 Å². The van der Waals surface area contributed by atoms with Gasteiger partial charge in [-0.3, -0.25) is 27.3 Å². The van der Waals surface area contributed by atoms with Crippen molar-refractivity contribution >= 4 is 191 Å². The molecule has 0 radical (unpaired) electrons. The lowest BCUT2D eigenvalue weighted by atomic mass is 10.1. The van der Waals surface area contributed by atoms with Crippen LogP contribution in [0.1, 0.15) is 56.2 Å². The lowest BCUT2D eigenvalue weighted by molar-refractivity contribution is 0.480. The van der Waals surface area contributed by atoms with Crippen molar-refractivity contribution in [1.82, 2.24) is 59.8 Å². The summed E-state index contributed by atoms with van der Waals surface area (Å²) in [6.45, 7) is 0. The smallest absolute Gasteiger partial charge is 0.295 e. The molecule has 0 atom stereocenters. The van der Waals surface area contributed by atoms with E-state index in [4.69, 9.17) is 0 Å². The fraction of sp³-hybridized carbons (Fsp3) is 0.132. The first-order chi connectivity index (χ1) is 57.4. The highest BCUT2D eigenvalue weighted by Gasteiger charge is 2.26. The van der Waals surface area contributed by atoms with Crippen molar-refractivity contribution in [3.05, 3.63) is 226 Å². The first-order valence-corrected chi connectivity index (χ1v) is 44.2. The number of anilines is 16. The van der Waals surface area contributed by atoms with Crippen molar-refractivity contribution in [2.24, 2.45) is 0 Å². The fourth-order valence-corrected chi connectivity index (χ4v) is 15.9. The second-order valence-electron chi connectivity index (χ2n) is 27.3. The van der Waals surface area contributed by atoms with Gasteiger partial charge in [-0.15, -0.1) is 0 Å². The predicted molar refractivity (Wildman–Crippen MR) is 459 cm³/mol. The van der Waals surface area contributed by atoms with E-state index in [1.807, 2.05) is 24.3 Å². The Morgan fingerprint density at radius 3 is 0.672 bits per heavy atom. The molecule has 0 aliphatic carbocycles. The third-order valence-electron chi connectivity index (χ3n) is 17.2. The minimum Gasteiger partial charge on any atom is -0.347 e. The SMILES string of the molecule is CN(C)c1nc(Cc2ccc(/C=C/c3ccc(Nc4nc(Nc5ccccc5)nc(N(C)C)n4)cc3S(=O)(=O)O)c(S(=O)(=O)O)c2)nc(Cc2ccc(/C=C/c3ccc(Nc4nc(Nc5ccc(/C=C/c6ccc(Nc7nc(Nc8ccccc8)nc(N(C)C)n7)cc6S(=O)(=O)O)c(S(=O)(=O)O)c5)nc(N(C)C)n4)cc3S(=O)(=O)O)c(S(=O)(=O)O)c2)n1. The van der Waals surface area contributed by atoms with E-state index in [0.29, 0.717) is 11.4 Å². The molecule has 632 valence electrons. The molecular formula is C76H74N22O18S6. The number of hydrogen-bond donors (Lipinski definition) is 12. The molecule has 8 aromatic carbocycles. The van der Waals surface area contributed by atoms with Crippen LogP contribution in [0.25, 0.3) is 36.5 Å². The van der Waals surface area contributed by atoms with Gasteiger partial charge in [0.25, 0.3) is 60.7 Å². The van der Waals surface area contributed by atoms with Crippen molar-refractivity contribution in [3.8, 4) is 0 Å². The highest BCUT2D eigenvalue weighted by atomic mass is 32.2. The molecule has 0 amide bonds. The normalized spacial score (nSPS) is 12.2. The van der Waals surface area contributed by atoms with Crippen molar-refractivity contribution in [2.75, 3.05) is 108 Å². The van der Waals surface area contributed by atoms with Crippen molar-refractivity contribution < 1.29 is 77.8 Å². The zero-order valence-corrected chi connectivity index (χ0v) is 70.1. The third-order valence-corrected chi connectivity index (χ3v) is 22.7. The van der Waals surface area contributed by atoms with Crippen molar-refractivity contribution in [1.29, 1.82) is 0 Å². The Kier molecular flexibility index (Phi) is 25.8. The molecular weight excluding hydrogens is 1700 g/mol. The van der Waals surface area contributed by atoms with Crippen LogP contribution in [0.15, 0.2) is 199 Å². The topological polar surface area (TPSA) is 566 Å². The van der Waals surface area contributed by atoms with E-state index >= 15 is 0 Å². The molecule has 46 heteroatoms. The van der Waals surface area contributed by atoms with Gasteiger partial charge in [-0.1, -0.05) is 121 Å². The first kappa shape index (κ1) is 87.8. The lowest BCUT2D eigenvalue weighted by Crippen LogP contribution is -2.17. The van der Waals surface area contributed by atoms with Gasteiger partial charge in [0.2, 0.25) is 59.5 Å². The van der Waals surface area contributed by atoms with Gasteiger partial charge in [0, 0.05) is 103 Å². The summed E-state index contributed by atoms with van der Waals surface area (Å²) in [7, 11) is -17.0. The van der Waals surface area contributed by atoms with Crippen LogP contribution in [0, 0.1) is 0 Å². The number of hydrogen-bond acceptors (Lipinski definition) is 34. The highest BCUT2D eigenvalue weighted by molar-refractivity contribution is 7.87. The van der Waals surface area contributed by atoms with Gasteiger partial charge in [-0.25, -0.2) is 4.98 Å². The summed E-state index contributed by atoms with van der Waals surface area (Å²) in [5.74, 6) is 0.566. The Hall–Kier alpha value is -13.5. The van der Waals surface area contributed by atoms with E-state index in [0.717, 1.165) is 48.6 Å². The molecule has 0 aliphatic rings. The van der Waals surface area contributed by atoms with Crippen molar-refractivity contribution in [3.63, 3.8) is 0 Å². The van der Waals surface area contributed by atoms with E-state index in [9.17, 15) is 77.8 Å². The Morgan fingerprint density at radius 2 is 0.451 bits per heavy atom. The average Bonchev–Trinajstić information content (AvgIpc) is 0.804. The first-order valence-electron chi connectivity index (χ1n) is 35.6. The average molecular weight is 1780 g/mol. The molecule has 0 unspecified atom stereocenters. The highest BCUT2D eigenvalue weighted by Crippen LogP contribution is 2.34. The number of aromatic nitrogens is 12. The molecule has 0 spiro atoms. The molecule has 12 aromatic rings. The van der Waals surface area contributed by atoms with Crippen LogP contribution in [0.5, 0.6) is 0 Å². The third kappa shape index (κ3) is 22.9. The fourth-order valence-electron chi connectivity index (χ4n) is 11.6. The molecule has 12 N–H and O–H groups in total. The molecule has 40 nitrogen and oxygen atoms in total. The predicted octanol–water partition coefficient (Wildman–Crippen LogP) is 10.3. The molecule has 4 aromatic heterocycles. The summed E-state index contributed by atoms with van der Waals surface area (Å²) in [4.78, 5) is 55.5. The zero-order valence-electron chi connectivity index (χ0n) is 65.2. The van der Waals surface area contributed by atoms with Crippen LogP contribution in [-0.4, -0.2) is 194 Å². The van der Waals surface area contributed by atoms with E-state index < -0.39 is 90.1 Å². The second kappa shape index (κ2) is 35.8. The van der Waals surface area contributed by atoms with E-state index in [1.54, 1.807) is 103 Å². The number of rotatable bonds is 32.